The van der Waals surface area contributed by atoms with Crippen LogP contribution < -0.4 is 9.46 Å². The molecule has 0 spiro atoms. The highest BCUT2D eigenvalue weighted by Gasteiger charge is 2.22. The molecule has 0 bridgehead atoms. The van der Waals surface area contributed by atoms with Crippen molar-refractivity contribution in [3.8, 4) is 5.75 Å². The quantitative estimate of drug-likeness (QED) is 0.657. The summed E-state index contributed by atoms with van der Waals surface area (Å²) in [4.78, 5) is -0.103. The lowest BCUT2D eigenvalue weighted by atomic mass is 10.3. The van der Waals surface area contributed by atoms with E-state index in [-0.39, 0.29) is 36.4 Å². The van der Waals surface area contributed by atoms with Crippen LogP contribution in [-0.2, 0) is 10.0 Å². The Morgan fingerprint density at radius 2 is 1.65 bits per heavy atom. The molecule has 0 aliphatic carbocycles. The Morgan fingerprint density at radius 3 is 2.30 bits per heavy atom. The van der Waals surface area contributed by atoms with Crippen LogP contribution in [-0.4, -0.2) is 15.0 Å². The number of nitrogens with one attached hydrogen (secondary N) is 1. The summed E-state index contributed by atoms with van der Waals surface area (Å²) in [5.41, 5.74) is 0.100. The van der Waals surface area contributed by atoms with Gasteiger partial charge in [-0.1, -0.05) is 46.4 Å². The van der Waals surface area contributed by atoms with Crippen LogP contribution in [0.25, 0.3) is 0 Å². The van der Waals surface area contributed by atoms with Gasteiger partial charge >= 0.3 is 0 Å². The van der Waals surface area contributed by atoms with Gasteiger partial charge in [0.1, 0.15) is 10.6 Å². The minimum Gasteiger partial charge on any atom is -0.492 e. The number of sulfonamides is 1. The van der Waals surface area contributed by atoms with Gasteiger partial charge in [-0.2, -0.15) is 0 Å². The van der Waals surface area contributed by atoms with E-state index in [2.05, 4.69) is 4.72 Å². The standard InChI is InChI=1S/C14H11Cl4NO3S/c1-2-22-13-4-3-8(15)5-14(13)23(20,21)19-12-7-10(17)9(16)6-11(12)18/h3-7,19H,2H2,1H3. The van der Waals surface area contributed by atoms with E-state index in [1.54, 1.807) is 6.92 Å². The van der Waals surface area contributed by atoms with Crippen molar-refractivity contribution in [3.63, 3.8) is 0 Å². The second kappa shape index (κ2) is 7.36. The number of hydrogen-bond acceptors (Lipinski definition) is 3. The van der Waals surface area contributed by atoms with Crippen molar-refractivity contribution in [1.82, 2.24) is 0 Å². The molecule has 9 heteroatoms. The molecule has 124 valence electrons. The third-order valence-electron chi connectivity index (χ3n) is 2.75. The Bertz CT molecular complexity index is 840. The first kappa shape index (κ1) is 18.5. The van der Waals surface area contributed by atoms with Crippen molar-refractivity contribution >= 4 is 62.1 Å². The molecule has 0 saturated carbocycles. The number of anilines is 1. The summed E-state index contributed by atoms with van der Waals surface area (Å²) >= 11 is 23.6. The molecule has 0 aromatic heterocycles. The Hall–Kier alpha value is -0.850. The molecule has 0 saturated heterocycles. The molecule has 0 aliphatic rings. The lowest BCUT2D eigenvalue weighted by Gasteiger charge is -2.14. The zero-order valence-corrected chi connectivity index (χ0v) is 15.6. The molecule has 4 nitrogen and oxygen atoms in total. The maximum absolute atomic E-state index is 12.6. The summed E-state index contributed by atoms with van der Waals surface area (Å²) in [7, 11) is -3.99. The maximum atomic E-state index is 12.6. The van der Waals surface area contributed by atoms with Gasteiger partial charge in [0.2, 0.25) is 0 Å². The lowest BCUT2D eigenvalue weighted by molar-refractivity contribution is 0.331. The van der Waals surface area contributed by atoms with Crippen LogP contribution in [0, 0.1) is 0 Å². The fourth-order valence-corrected chi connectivity index (χ4v) is 3.90. The molecule has 0 unspecified atom stereocenters. The van der Waals surface area contributed by atoms with Crippen LogP contribution >= 0.6 is 46.4 Å². The third kappa shape index (κ3) is 4.37. The number of halogens is 4. The van der Waals surface area contributed by atoms with Gasteiger partial charge in [0.05, 0.1) is 27.4 Å². The first-order chi connectivity index (χ1) is 10.7. The Kier molecular flexibility index (Phi) is 5.92. The average molecular weight is 415 g/mol. The highest BCUT2D eigenvalue weighted by molar-refractivity contribution is 7.92. The van der Waals surface area contributed by atoms with Crippen molar-refractivity contribution in [1.29, 1.82) is 0 Å². The molecule has 23 heavy (non-hydrogen) atoms. The molecule has 0 fully saturated rings. The maximum Gasteiger partial charge on any atom is 0.265 e. The molecule has 0 heterocycles. The Labute approximate surface area is 154 Å². The first-order valence-corrected chi connectivity index (χ1v) is 9.34. The van der Waals surface area contributed by atoms with Gasteiger partial charge in [-0.3, -0.25) is 4.72 Å². The van der Waals surface area contributed by atoms with Crippen LogP contribution in [0.3, 0.4) is 0 Å². The van der Waals surface area contributed by atoms with Crippen LogP contribution in [0.15, 0.2) is 35.2 Å². The summed E-state index contributed by atoms with van der Waals surface area (Å²) in [6.07, 6.45) is 0. The second-order valence-corrected chi connectivity index (χ2v) is 7.68. The SMILES string of the molecule is CCOc1ccc(Cl)cc1S(=O)(=O)Nc1cc(Cl)c(Cl)cc1Cl. The highest BCUT2D eigenvalue weighted by atomic mass is 35.5. The molecule has 0 amide bonds. The Morgan fingerprint density at radius 1 is 1.00 bits per heavy atom. The van der Waals surface area contributed by atoms with E-state index < -0.39 is 10.0 Å². The minimum atomic E-state index is -3.99. The van der Waals surface area contributed by atoms with Crippen LogP contribution in [0.5, 0.6) is 5.75 Å². The summed E-state index contributed by atoms with van der Waals surface area (Å²) in [5, 5.41) is 0.763. The van der Waals surface area contributed by atoms with E-state index in [1.165, 1.54) is 30.3 Å². The largest absolute Gasteiger partial charge is 0.492 e. The van der Waals surface area contributed by atoms with E-state index in [4.69, 9.17) is 51.1 Å². The molecule has 0 radical (unpaired) electrons. The third-order valence-corrected chi connectivity index (χ3v) is 5.41. The van der Waals surface area contributed by atoms with E-state index in [1.807, 2.05) is 0 Å². The molecule has 1 N–H and O–H groups in total. The first-order valence-electron chi connectivity index (χ1n) is 6.34. The summed E-state index contributed by atoms with van der Waals surface area (Å²) in [6.45, 7) is 2.05. The van der Waals surface area contributed by atoms with E-state index >= 15 is 0 Å². The van der Waals surface area contributed by atoms with Gasteiger partial charge in [0.25, 0.3) is 10.0 Å². The lowest BCUT2D eigenvalue weighted by Crippen LogP contribution is -2.15. The molecule has 2 aromatic rings. The predicted octanol–water partition coefficient (Wildman–Crippen LogP) is 5.50. The zero-order valence-electron chi connectivity index (χ0n) is 11.7. The molecule has 0 atom stereocenters. The number of rotatable bonds is 5. The minimum absolute atomic E-state index is 0.100. The predicted molar refractivity (Wildman–Crippen MR) is 94.9 cm³/mol. The van der Waals surface area contributed by atoms with Gasteiger partial charge in [0.15, 0.2) is 0 Å². The fraction of sp³-hybridized carbons (Fsp3) is 0.143. The molecular formula is C14H11Cl4NO3S. The van der Waals surface area contributed by atoms with Crippen molar-refractivity contribution < 1.29 is 13.2 Å². The van der Waals surface area contributed by atoms with Crippen molar-refractivity contribution in [2.24, 2.45) is 0 Å². The normalized spacial score (nSPS) is 11.3. The summed E-state index contributed by atoms with van der Waals surface area (Å²) in [6, 6.07) is 6.99. The van der Waals surface area contributed by atoms with Crippen molar-refractivity contribution in [2.45, 2.75) is 11.8 Å². The summed E-state index contributed by atoms with van der Waals surface area (Å²) < 4.78 is 32.9. The zero-order chi connectivity index (χ0) is 17.2. The number of benzene rings is 2. The van der Waals surface area contributed by atoms with Crippen molar-refractivity contribution in [3.05, 3.63) is 50.4 Å². The van der Waals surface area contributed by atoms with Crippen molar-refractivity contribution in [2.75, 3.05) is 11.3 Å². The second-order valence-electron chi connectivity index (χ2n) is 4.38. The molecule has 0 aliphatic heterocycles. The van der Waals surface area contributed by atoms with Gasteiger partial charge in [0, 0.05) is 5.02 Å². The van der Waals surface area contributed by atoms with E-state index in [0.29, 0.717) is 6.61 Å². The highest BCUT2D eigenvalue weighted by Crippen LogP contribution is 2.35. The van der Waals surface area contributed by atoms with Gasteiger partial charge in [-0.15, -0.1) is 0 Å². The van der Waals surface area contributed by atoms with E-state index in [9.17, 15) is 8.42 Å². The average Bonchev–Trinajstić information content (AvgIpc) is 2.46. The topological polar surface area (TPSA) is 55.4 Å². The van der Waals surface area contributed by atoms with Gasteiger partial charge in [-0.25, -0.2) is 8.42 Å². The monoisotopic (exact) mass is 413 g/mol. The van der Waals surface area contributed by atoms with Crippen LogP contribution in [0.4, 0.5) is 5.69 Å². The molecule has 2 aromatic carbocycles. The fourth-order valence-electron chi connectivity index (χ4n) is 1.77. The number of ether oxygens (including phenoxy) is 1. The Balaban J connectivity index is 2.48. The van der Waals surface area contributed by atoms with E-state index in [0.717, 1.165) is 0 Å². The van der Waals surface area contributed by atoms with Crippen LogP contribution in [0.2, 0.25) is 20.1 Å². The summed E-state index contributed by atoms with van der Waals surface area (Å²) in [5.74, 6) is 0.181. The number of hydrogen-bond donors (Lipinski definition) is 1. The van der Waals surface area contributed by atoms with Gasteiger partial charge in [-0.05, 0) is 37.3 Å². The smallest absolute Gasteiger partial charge is 0.265 e. The van der Waals surface area contributed by atoms with Gasteiger partial charge < -0.3 is 4.74 Å². The van der Waals surface area contributed by atoms with Crippen LogP contribution in [0.1, 0.15) is 6.92 Å². The molecule has 2 rings (SSSR count). The molecular weight excluding hydrogens is 404 g/mol.